The average Bonchev–Trinajstić information content (AvgIpc) is 2.18. The van der Waals surface area contributed by atoms with Gasteiger partial charge in [-0.25, -0.2) is 4.39 Å². The average molecular weight is 240 g/mol. The van der Waals surface area contributed by atoms with Crippen LogP contribution in [0, 0.1) is 11.2 Å². The van der Waals surface area contributed by atoms with Crippen molar-refractivity contribution in [2.45, 2.75) is 40.2 Å². The van der Waals surface area contributed by atoms with Crippen molar-refractivity contribution in [1.29, 1.82) is 0 Å². The van der Waals surface area contributed by atoms with Crippen LogP contribution in [0.25, 0.3) is 0 Å². The van der Waals surface area contributed by atoms with Crippen molar-refractivity contribution in [3.05, 3.63) is 29.6 Å². The second-order valence-electron chi connectivity index (χ2n) is 5.52. The van der Waals surface area contributed by atoms with Crippen molar-refractivity contribution < 1.29 is 14.2 Å². The van der Waals surface area contributed by atoms with E-state index < -0.39 is 11.9 Å². The molecule has 0 aliphatic rings. The van der Waals surface area contributed by atoms with Crippen LogP contribution < -0.4 is 4.74 Å². The summed E-state index contributed by atoms with van der Waals surface area (Å²) in [6.45, 7) is 8.44. The molecule has 0 saturated heterocycles. The first-order chi connectivity index (χ1) is 7.79. The number of aliphatic hydroxyl groups is 1. The molecule has 0 heterocycles. The molecule has 0 radical (unpaired) electrons. The molecule has 0 aliphatic heterocycles. The number of hydrogen-bond donors (Lipinski definition) is 1. The van der Waals surface area contributed by atoms with E-state index in [2.05, 4.69) is 20.8 Å². The van der Waals surface area contributed by atoms with Gasteiger partial charge >= 0.3 is 0 Å². The van der Waals surface area contributed by atoms with Crippen LogP contribution in [0.2, 0.25) is 0 Å². The predicted molar refractivity (Wildman–Crippen MR) is 66.6 cm³/mol. The second kappa shape index (κ2) is 5.50. The Morgan fingerprint density at radius 2 is 2.00 bits per heavy atom. The van der Waals surface area contributed by atoms with E-state index in [-0.39, 0.29) is 11.2 Å². The number of aliphatic hydroxyl groups excluding tert-OH is 1. The van der Waals surface area contributed by atoms with Crippen LogP contribution in [0.15, 0.2) is 18.2 Å². The minimum atomic E-state index is -0.659. The number of hydrogen-bond acceptors (Lipinski definition) is 2. The molecule has 17 heavy (non-hydrogen) atoms. The molecule has 0 fully saturated rings. The summed E-state index contributed by atoms with van der Waals surface area (Å²) in [5.41, 5.74) is 0.737. The second-order valence-corrected chi connectivity index (χ2v) is 5.52. The highest BCUT2D eigenvalue weighted by Crippen LogP contribution is 2.24. The molecule has 1 aromatic carbocycles. The zero-order chi connectivity index (χ0) is 13.1. The molecule has 96 valence electrons. The first-order valence-corrected chi connectivity index (χ1v) is 5.90. The van der Waals surface area contributed by atoms with Crippen LogP contribution in [-0.2, 0) is 0 Å². The van der Waals surface area contributed by atoms with Crippen molar-refractivity contribution in [3.63, 3.8) is 0 Å². The SMILES string of the molecule is C[C@@H](O)c1ccc(OCCC(C)(C)C)c(F)c1. The third-order valence-electron chi connectivity index (χ3n) is 2.55. The molecule has 1 aromatic rings. The van der Waals surface area contributed by atoms with Crippen LogP contribution in [0.4, 0.5) is 4.39 Å². The van der Waals surface area contributed by atoms with Gasteiger partial charge in [0.05, 0.1) is 12.7 Å². The monoisotopic (exact) mass is 240 g/mol. The summed E-state index contributed by atoms with van der Waals surface area (Å²) in [6.07, 6.45) is 0.207. The van der Waals surface area contributed by atoms with Gasteiger partial charge in [-0.3, -0.25) is 0 Å². The summed E-state index contributed by atoms with van der Waals surface area (Å²) < 4.78 is 19.0. The molecule has 0 unspecified atom stereocenters. The van der Waals surface area contributed by atoms with Crippen molar-refractivity contribution in [2.75, 3.05) is 6.61 Å². The Bertz CT molecular complexity index is 367. The van der Waals surface area contributed by atoms with Crippen molar-refractivity contribution >= 4 is 0 Å². The Labute approximate surface area is 102 Å². The fourth-order valence-electron chi connectivity index (χ4n) is 1.36. The zero-order valence-electron chi connectivity index (χ0n) is 11.0. The fraction of sp³-hybridized carbons (Fsp3) is 0.571. The molecule has 1 rings (SSSR count). The molecule has 1 atom stereocenters. The van der Waals surface area contributed by atoms with E-state index in [1.54, 1.807) is 19.1 Å². The standard InChI is InChI=1S/C14H21FO2/c1-10(16)11-5-6-13(12(15)9-11)17-8-7-14(2,3)4/h5-6,9-10,16H,7-8H2,1-4H3/t10-/m1/s1. The minimum absolute atomic E-state index is 0.177. The van der Waals surface area contributed by atoms with Gasteiger partial charge in [0.25, 0.3) is 0 Å². The van der Waals surface area contributed by atoms with Crippen molar-refractivity contribution in [3.8, 4) is 5.75 Å². The van der Waals surface area contributed by atoms with Crippen LogP contribution in [-0.4, -0.2) is 11.7 Å². The summed E-state index contributed by atoms with van der Waals surface area (Å²) in [5.74, 6) is -0.170. The van der Waals surface area contributed by atoms with Crippen molar-refractivity contribution in [1.82, 2.24) is 0 Å². The van der Waals surface area contributed by atoms with E-state index in [1.165, 1.54) is 6.07 Å². The van der Waals surface area contributed by atoms with Crippen molar-refractivity contribution in [2.24, 2.45) is 5.41 Å². The topological polar surface area (TPSA) is 29.5 Å². The van der Waals surface area contributed by atoms with Crippen LogP contribution in [0.1, 0.15) is 45.8 Å². The molecule has 1 N–H and O–H groups in total. The first kappa shape index (κ1) is 14.0. The Morgan fingerprint density at radius 1 is 1.35 bits per heavy atom. The van der Waals surface area contributed by atoms with E-state index in [9.17, 15) is 9.50 Å². The quantitative estimate of drug-likeness (QED) is 0.869. The summed E-state index contributed by atoms with van der Waals surface area (Å²) in [5, 5.41) is 9.31. The lowest BCUT2D eigenvalue weighted by atomic mass is 9.93. The Kier molecular flexibility index (Phi) is 4.52. The van der Waals surface area contributed by atoms with Gasteiger partial charge in [0.2, 0.25) is 0 Å². The molecule has 0 aliphatic carbocycles. The number of rotatable bonds is 4. The van der Waals surface area contributed by atoms with Gasteiger partial charge in [-0.2, -0.15) is 0 Å². The Morgan fingerprint density at radius 3 is 2.47 bits per heavy atom. The Hall–Kier alpha value is -1.09. The highest BCUT2D eigenvalue weighted by Gasteiger charge is 2.12. The lowest BCUT2D eigenvalue weighted by Crippen LogP contribution is -2.11. The van der Waals surface area contributed by atoms with Gasteiger partial charge in [-0.1, -0.05) is 26.8 Å². The van der Waals surface area contributed by atoms with E-state index >= 15 is 0 Å². The van der Waals surface area contributed by atoms with Gasteiger partial charge in [0.15, 0.2) is 11.6 Å². The lowest BCUT2D eigenvalue weighted by molar-refractivity contribution is 0.198. The number of halogens is 1. The van der Waals surface area contributed by atoms with E-state index in [0.717, 1.165) is 6.42 Å². The maximum absolute atomic E-state index is 13.6. The number of ether oxygens (including phenoxy) is 1. The smallest absolute Gasteiger partial charge is 0.165 e. The number of benzene rings is 1. The predicted octanol–water partition coefficient (Wildman–Crippen LogP) is 3.69. The van der Waals surface area contributed by atoms with Crippen LogP contribution >= 0.6 is 0 Å². The molecular formula is C14H21FO2. The van der Waals surface area contributed by atoms with E-state index in [0.29, 0.717) is 12.2 Å². The zero-order valence-corrected chi connectivity index (χ0v) is 11.0. The van der Waals surface area contributed by atoms with Crippen LogP contribution in [0.5, 0.6) is 5.75 Å². The summed E-state index contributed by atoms with van der Waals surface area (Å²) in [7, 11) is 0. The maximum atomic E-state index is 13.6. The summed E-state index contributed by atoms with van der Waals surface area (Å²) in [4.78, 5) is 0. The minimum Gasteiger partial charge on any atom is -0.490 e. The molecular weight excluding hydrogens is 219 g/mol. The van der Waals surface area contributed by atoms with E-state index in [1.807, 2.05) is 0 Å². The Balaban J connectivity index is 2.61. The molecule has 0 bridgehead atoms. The third-order valence-corrected chi connectivity index (χ3v) is 2.55. The summed E-state index contributed by atoms with van der Waals surface area (Å²) in [6, 6.07) is 4.57. The lowest BCUT2D eigenvalue weighted by Gasteiger charge is -2.18. The first-order valence-electron chi connectivity index (χ1n) is 5.90. The highest BCUT2D eigenvalue weighted by atomic mass is 19.1. The molecule has 0 aromatic heterocycles. The molecule has 0 saturated carbocycles. The molecule has 3 heteroatoms. The van der Waals surface area contributed by atoms with Gasteiger partial charge in [-0.15, -0.1) is 0 Å². The largest absolute Gasteiger partial charge is 0.490 e. The van der Waals surface area contributed by atoms with Gasteiger partial charge in [-0.05, 0) is 36.5 Å². The fourth-order valence-corrected chi connectivity index (χ4v) is 1.36. The summed E-state index contributed by atoms with van der Waals surface area (Å²) >= 11 is 0. The van der Waals surface area contributed by atoms with Gasteiger partial charge in [0, 0.05) is 0 Å². The third kappa shape index (κ3) is 4.73. The van der Waals surface area contributed by atoms with E-state index in [4.69, 9.17) is 4.74 Å². The maximum Gasteiger partial charge on any atom is 0.165 e. The molecule has 2 nitrogen and oxygen atoms in total. The van der Waals surface area contributed by atoms with Gasteiger partial charge < -0.3 is 9.84 Å². The van der Waals surface area contributed by atoms with Gasteiger partial charge in [0.1, 0.15) is 0 Å². The molecule has 0 amide bonds. The van der Waals surface area contributed by atoms with Crippen LogP contribution in [0.3, 0.4) is 0 Å². The highest BCUT2D eigenvalue weighted by molar-refractivity contribution is 5.30. The normalized spacial score (nSPS) is 13.5. The molecule has 0 spiro atoms.